The van der Waals surface area contributed by atoms with Gasteiger partial charge in [-0.3, -0.25) is 4.79 Å². The monoisotopic (exact) mass is 310 g/mol. The van der Waals surface area contributed by atoms with E-state index in [4.69, 9.17) is 0 Å². The van der Waals surface area contributed by atoms with E-state index < -0.39 is 0 Å². The summed E-state index contributed by atoms with van der Waals surface area (Å²) in [4.78, 5) is 14.5. The molecule has 1 heterocycles. The van der Waals surface area contributed by atoms with Gasteiger partial charge >= 0.3 is 0 Å². The van der Waals surface area contributed by atoms with E-state index in [0.717, 1.165) is 49.2 Å². The summed E-state index contributed by atoms with van der Waals surface area (Å²) in [5.74, 6) is 0.234. The van der Waals surface area contributed by atoms with E-state index >= 15 is 0 Å². The van der Waals surface area contributed by atoms with Crippen LogP contribution in [0.4, 0.5) is 0 Å². The van der Waals surface area contributed by atoms with Crippen LogP contribution in [0.25, 0.3) is 0 Å². The largest absolute Gasteiger partial charge is 0.314 e. The van der Waals surface area contributed by atoms with Crippen molar-refractivity contribution >= 4 is 21.7 Å². The number of carbonyl (C=O) groups is 1. The van der Waals surface area contributed by atoms with Gasteiger partial charge in [0.1, 0.15) is 0 Å². The molecule has 1 fully saturated rings. The number of halogens is 1. The standard InChI is InChI=1S/C14H19BrN2O/c15-13-5-2-1-4-12(13)14(18)6-3-9-17-10-7-16-8-11-17/h1-2,4-5,16H,3,6-11H2. The average Bonchev–Trinajstić information content (AvgIpc) is 2.40. The zero-order valence-corrected chi connectivity index (χ0v) is 12.1. The Morgan fingerprint density at radius 3 is 2.72 bits per heavy atom. The molecule has 1 aliphatic rings. The predicted molar refractivity (Wildman–Crippen MR) is 77.0 cm³/mol. The number of benzene rings is 1. The summed E-state index contributed by atoms with van der Waals surface area (Å²) in [6, 6.07) is 7.65. The van der Waals surface area contributed by atoms with Crippen LogP contribution in [-0.2, 0) is 0 Å². The summed E-state index contributed by atoms with van der Waals surface area (Å²) in [6.45, 7) is 5.36. The molecule has 0 spiro atoms. The van der Waals surface area contributed by atoms with Gasteiger partial charge in [0.15, 0.2) is 5.78 Å². The quantitative estimate of drug-likeness (QED) is 0.847. The molecule has 1 aliphatic heterocycles. The fourth-order valence-corrected chi connectivity index (χ4v) is 2.73. The molecule has 4 heteroatoms. The van der Waals surface area contributed by atoms with Crippen molar-refractivity contribution in [2.24, 2.45) is 0 Å². The maximum Gasteiger partial charge on any atom is 0.164 e. The van der Waals surface area contributed by atoms with Crippen molar-refractivity contribution in [3.8, 4) is 0 Å². The van der Waals surface area contributed by atoms with Crippen LogP contribution in [0.1, 0.15) is 23.2 Å². The molecule has 0 amide bonds. The van der Waals surface area contributed by atoms with Crippen LogP contribution in [0, 0.1) is 0 Å². The first-order valence-corrected chi connectivity index (χ1v) is 7.27. The first-order chi connectivity index (χ1) is 8.77. The lowest BCUT2D eigenvalue weighted by Crippen LogP contribution is -2.43. The van der Waals surface area contributed by atoms with Crippen LogP contribution >= 0.6 is 15.9 Å². The highest BCUT2D eigenvalue weighted by atomic mass is 79.9. The Labute approximate surface area is 117 Å². The van der Waals surface area contributed by atoms with E-state index in [-0.39, 0.29) is 5.78 Å². The average molecular weight is 311 g/mol. The Balaban J connectivity index is 1.76. The fraction of sp³-hybridized carbons (Fsp3) is 0.500. The number of hydrogen-bond donors (Lipinski definition) is 1. The van der Waals surface area contributed by atoms with Crippen LogP contribution in [-0.4, -0.2) is 43.4 Å². The molecule has 0 atom stereocenters. The highest BCUT2D eigenvalue weighted by molar-refractivity contribution is 9.10. The third-order valence-corrected chi connectivity index (χ3v) is 3.95. The molecule has 1 aromatic carbocycles. The summed E-state index contributed by atoms with van der Waals surface area (Å²) in [5.41, 5.74) is 0.804. The van der Waals surface area contributed by atoms with Gasteiger partial charge < -0.3 is 10.2 Å². The van der Waals surface area contributed by atoms with Crippen LogP contribution in [0.5, 0.6) is 0 Å². The van der Waals surface area contributed by atoms with Crippen LogP contribution < -0.4 is 5.32 Å². The molecule has 0 radical (unpaired) electrons. The lowest BCUT2D eigenvalue weighted by molar-refractivity contribution is 0.0973. The zero-order valence-electron chi connectivity index (χ0n) is 10.5. The Hall–Kier alpha value is -0.710. The molecule has 0 saturated carbocycles. The van der Waals surface area contributed by atoms with Crippen molar-refractivity contribution in [1.29, 1.82) is 0 Å². The SMILES string of the molecule is O=C(CCCN1CCNCC1)c1ccccc1Br. The summed E-state index contributed by atoms with van der Waals surface area (Å²) >= 11 is 3.43. The van der Waals surface area contributed by atoms with Crippen molar-refractivity contribution in [2.75, 3.05) is 32.7 Å². The summed E-state index contributed by atoms with van der Waals surface area (Å²) < 4.78 is 0.900. The summed E-state index contributed by atoms with van der Waals surface area (Å²) in [6.07, 6.45) is 1.58. The number of rotatable bonds is 5. The molecule has 1 aromatic rings. The Kier molecular flexibility index (Phi) is 5.35. The minimum Gasteiger partial charge on any atom is -0.314 e. The van der Waals surface area contributed by atoms with Gasteiger partial charge in [-0.05, 0) is 19.0 Å². The highest BCUT2D eigenvalue weighted by Crippen LogP contribution is 2.18. The molecule has 98 valence electrons. The first kappa shape index (κ1) is 13.7. The highest BCUT2D eigenvalue weighted by Gasteiger charge is 2.12. The molecule has 18 heavy (non-hydrogen) atoms. The molecule has 3 nitrogen and oxygen atoms in total. The maximum absolute atomic E-state index is 12.0. The van der Waals surface area contributed by atoms with Gasteiger partial charge in [0.2, 0.25) is 0 Å². The fourth-order valence-electron chi connectivity index (χ4n) is 2.22. The number of nitrogens with one attached hydrogen (secondary N) is 1. The number of carbonyl (C=O) groups excluding carboxylic acids is 1. The van der Waals surface area contributed by atoms with E-state index in [0.29, 0.717) is 6.42 Å². The van der Waals surface area contributed by atoms with E-state index in [1.54, 1.807) is 0 Å². The normalized spacial score (nSPS) is 16.7. The van der Waals surface area contributed by atoms with Gasteiger partial charge in [-0.25, -0.2) is 0 Å². The van der Waals surface area contributed by atoms with Gasteiger partial charge in [-0.15, -0.1) is 0 Å². The van der Waals surface area contributed by atoms with E-state index in [1.165, 1.54) is 0 Å². The van der Waals surface area contributed by atoms with Crippen molar-refractivity contribution in [2.45, 2.75) is 12.8 Å². The van der Waals surface area contributed by atoms with E-state index in [2.05, 4.69) is 26.1 Å². The molecule has 0 aliphatic carbocycles. The van der Waals surface area contributed by atoms with Crippen LogP contribution in [0.15, 0.2) is 28.7 Å². The molecule has 0 unspecified atom stereocenters. The number of ketones is 1. The number of Topliss-reactive ketones (excluding diaryl/α,β-unsaturated/α-hetero) is 1. The molecule has 0 aromatic heterocycles. The van der Waals surface area contributed by atoms with Crippen molar-refractivity contribution in [1.82, 2.24) is 10.2 Å². The van der Waals surface area contributed by atoms with Gasteiger partial charge in [-0.1, -0.05) is 34.1 Å². The zero-order chi connectivity index (χ0) is 12.8. The third-order valence-electron chi connectivity index (χ3n) is 3.26. The Bertz CT molecular complexity index is 403. The first-order valence-electron chi connectivity index (χ1n) is 6.48. The maximum atomic E-state index is 12.0. The number of piperazine rings is 1. The number of hydrogen-bond acceptors (Lipinski definition) is 3. The second-order valence-corrected chi connectivity index (χ2v) is 5.45. The predicted octanol–water partition coefficient (Wildman–Crippen LogP) is 2.32. The van der Waals surface area contributed by atoms with E-state index in [9.17, 15) is 4.79 Å². The Morgan fingerprint density at radius 1 is 1.28 bits per heavy atom. The second kappa shape index (κ2) is 7.02. The molecular weight excluding hydrogens is 292 g/mol. The molecule has 1 saturated heterocycles. The van der Waals surface area contributed by atoms with Crippen LogP contribution in [0.2, 0.25) is 0 Å². The number of nitrogens with zero attached hydrogens (tertiary/aromatic N) is 1. The Morgan fingerprint density at radius 2 is 2.00 bits per heavy atom. The van der Waals surface area contributed by atoms with Gasteiger partial charge in [0.25, 0.3) is 0 Å². The topological polar surface area (TPSA) is 32.3 Å². The molecule has 1 N–H and O–H groups in total. The minimum atomic E-state index is 0.234. The van der Waals surface area contributed by atoms with Gasteiger partial charge in [0, 0.05) is 42.6 Å². The lowest BCUT2D eigenvalue weighted by Gasteiger charge is -2.26. The third kappa shape index (κ3) is 3.90. The minimum absolute atomic E-state index is 0.234. The van der Waals surface area contributed by atoms with Crippen molar-refractivity contribution in [3.63, 3.8) is 0 Å². The van der Waals surface area contributed by atoms with Crippen molar-refractivity contribution < 1.29 is 4.79 Å². The molecular formula is C14H19BrN2O. The lowest BCUT2D eigenvalue weighted by atomic mass is 10.1. The summed E-state index contributed by atoms with van der Waals surface area (Å²) in [7, 11) is 0. The van der Waals surface area contributed by atoms with Gasteiger partial charge in [-0.2, -0.15) is 0 Å². The van der Waals surface area contributed by atoms with Crippen LogP contribution in [0.3, 0.4) is 0 Å². The van der Waals surface area contributed by atoms with Crippen molar-refractivity contribution in [3.05, 3.63) is 34.3 Å². The molecule has 0 bridgehead atoms. The van der Waals surface area contributed by atoms with E-state index in [1.807, 2.05) is 24.3 Å². The summed E-state index contributed by atoms with van der Waals surface area (Å²) in [5, 5.41) is 3.33. The second-order valence-electron chi connectivity index (χ2n) is 4.60. The molecule has 2 rings (SSSR count). The smallest absolute Gasteiger partial charge is 0.164 e. The van der Waals surface area contributed by atoms with Gasteiger partial charge in [0.05, 0.1) is 0 Å².